The molecule has 0 aliphatic carbocycles. The second-order valence-corrected chi connectivity index (χ2v) is 4.30. The molecule has 0 spiro atoms. The highest BCUT2D eigenvalue weighted by atomic mass is 19.4. The molecular weight excluding hydrogens is 348 g/mol. The van der Waals surface area contributed by atoms with E-state index >= 15 is 0 Å². The Bertz CT molecular complexity index is 579. The molecule has 0 saturated heterocycles. The van der Waals surface area contributed by atoms with E-state index in [1.165, 1.54) is 6.92 Å². The highest BCUT2D eigenvalue weighted by Crippen LogP contribution is 2.38. The van der Waals surface area contributed by atoms with Crippen LogP contribution in [0.1, 0.15) is 18.1 Å². The van der Waals surface area contributed by atoms with E-state index in [2.05, 4.69) is 9.47 Å². The number of ether oxygens (including phenoxy) is 2. The van der Waals surface area contributed by atoms with Crippen LogP contribution in [-0.2, 0) is 21.9 Å². The van der Waals surface area contributed by atoms with Crippen LogP contribution in [0.15, 0.2) is 18.2 Å². The molecule has 0 aromatic heterocycles. The van der Waals surface area contributed by atoms with E-state index in [-0.39, 0.29) is 12.7 Å². The first kappa shape index (κ1) is 19.6. The van der Waals surface area contributed by atoms with Crippen LogP contribution in [0.5, 0.6) is 5.75 Å². The Kier molecular flexibility index (Phi) is 6.04. The van der Waals surface area contributed by atoms with Crippen molar-refractivity contribution in [2.45, 2.75) is 19.3 Å². The smallest absolute Gasteiger partial charge is 0.416 e. The van der Waals surface area contributed by atoms with Gasteiger partial charge in [0.15, 0.2) is 6.61 Å². The summed E-state index contributed by atoms with van der Waals surface area (Å²) in [6.45, 7) is 0.446. The molecule has 0 atom stereocenters. The minimum Gasteiger partial charge on any atom is -0.484 e. The fourth-order valence-corrected chi connectivity index (χ4v) is 1.48. The Balaban J connectivity index is 2.91. The molecule has 134 valence electrons. The van der Waals surface area contributed by atoms with Crippen LogP contribution in [0.4, 0.5) is 31.1 Å². The number of carbonyl (C=O) groups excluding carboxylic acids is 2. The second-order valence-electron chi connectivity index (χ2n) is 4.30. The normalized spacial score (nSPS) is 11.8. The maximum atomic E-state index is 12.6. The van der Waals surface area contributed by atoms with Crippen LogP contribution in [-0.4, -0.2) is 25.2 Å². The summed E-state index contributed by atoms with van der Waals surface area (Å²) in [5.74, 6) is -1.92. The van der Waals surface area contributed by atoms with Gasteiger partial charge in [-0.25, -0.2) is 4.79 Å². The molecule has 0 aliphatic heterocycles. The lowest BCUT2D eigenvalue weighted by molar-refractivity contribution is -0.143. The van der Waals surface area contributed by atoms with Gasteiger partial charge in [0.2, 0.25) is 0 Å². The number of hydrogen-bond donors (Lipinski definition) is 1. The summed E-state index contributed by atoms with van der Waals surface area (Å²) in [7, 11) is 0. The van der Waals surface area contributed by atoms with Crippen molar-refractivity contribution in [2.24, 2.45) is 0 Å². The second kappa shape index (κ2) is 7.41. The average Bonchev–Trinajstić information content (AvgIpc) is 2.43. The molecule has 0 aliphatic rings. The summed E-state index contributed by atoms with van der Waals surface area (Å²) in [6.07, 6.45) is -11.2. The van der Waals surface area contributed by atoms with Crippen molar-refractivity contribution in [3.8, 4) is 5.75 Å². The summed E-state index contributed by atoms with van der Waals surface area (Å²) in [4.78, 5) is 22.2. The molecule has 2 amide bonds. The van der Waals surface area contributed by atoms with Crippen LogP contribution in [0, 0.1) is 0 Å². The van der Waals surface area contributed by atoms with Crippen molar-refractivity contribution in [3.05, 3.63) is 29.3 Å². The molecule has 0 bridgehead atoms. The zero-order valence-electron chi connectivity index (χ0n) is 12.0. The lowest BCUT2D eigenvalue weighted by Gasteiger charge is -2.14. The van der Waals surface area contributed by atoms with E-state index in [0.717, 1.165) is 0 Å². The number of nitrogens with one attached hydrogen (secondary N) is 1. The van der Waals surface area contributed by atoms with E-state index in [1.54, 1.807) is 5.32 Å². The highest BCUT2D eigenvalue weighted by molar-refractivity contribution is 5.92. The van der Waals surface area contributed by atoms with Gasteiger partial charge < -0.3 is 9.47 Å². The van der Waals surface area contributed by atoms with Gasteiger partial charge in [-0.15, -0.1) is 0 Å². The van der Waals surface area contributed by atoms with Crippen molar-refractivity contribution >= 4 is 12.0 Å². The third-order valence-corrected chi connectivity index (χ3v) is 2.45. The lowest BCUT2D eigenvalue weighted by atomic mass is 10.1. The largest absolute Gasteiger partial charge is 0.484 e. The maximum absolute atomic E-state index is 12.6. The monoisotopic (exact) mass is 359 g/mol. The van der Waals surface area contributed by atoms with Crippen LogP contribution in [0.3, 0.4) is 0 Å². The van der Waals surface area contributed by atoms with Crippen molar-refractivity contribution in [1.82, 2.24) is 5.32 Å². The number of benzene rings is 1. The van der Waals surface area contributed by atoms with Gasteiger partial charge >= 0.3 is 18.4 Å². The number of imide groups is 1. The Morgan fingerprint density at radius 2 is 1.50 bits per heavy atom. The number of halogens is 6. The Morgan fingerprint density at radius 1 is 1.00 bits per heavy atom. The predicted octanol–water partition coefficient (Wildman–Crippen LogP) is 3.38. The molecule has 5 nitrogen and oxygen atoms in total. The molecule has 11 heteroatoms. The van der Waals surface area contributed by atoms with Gasteiger partial charge in [0.05, 0.1) is 17.7 Å². The highest BCUT2D eigenvalue weighted by Gasteiger charge is 2.37. The molecule has 0 radical (unpaired) electrons. The summed E-state index contributed by atoms with van der Waals surface area (Å²) < 4.78 is 84.7. The molecular formula is C13H11F6NO4. The summed E-state index contributed by atoms with van der Waals surface area (Å²) >= 11 is 0. The fourth-order valence-electron chi connectivity index (χ4n) is 1.48. The minimum atomic E-state index is -5.04. The molecule has 1 aromatic carbocycles. The quantitative estimate of drug-likeness (QED) is 0.838. The predicted molar refractivity (Wildman–Crippen MR) is 67.1 cm³/mol. The number of rotatable bonds is 4. The lowest BCUT2D eigenvalue weighted by Crippen LogP contribution is -2.34. The standard InChI is InChI=1S/C13H11F6NO4/c1-2-23-11(22)20-10(21)6-24-9-4-7(12(14,15)16)3-8(5-9)13(17,18)19/h3-5H,2,6H2,1H3,(H,20,21,22). The minimum absolute atomic E-state index is 0.0391. The zero-order valence-corrected chi connectivity index (χ0v) is 12.0. The van der Waals surface area contributed by atoms with E-state index in [4.69, 9.17) is 0 Å². The first-order chi connectivity index (χ1) is 10.9. The molecule has 0 heterocycles. The first-order valence-electron chi connectivity index (χ1n) is 6.32. The molecule has 24 heavy (non-hydrogen) atoms. The van der Waals surface area contributed by atoms with Crippen LogP contribution < -0.4 is 10.1 Å². The summed E-state index contributed by atoms with van der Waals surface area (Å²) in [5, 5.41) is 1.67. The number of carbonyl (C=O) groups is 2. The van der Waals surface area contributed by atoms with Gasteiger partial charge in [0.1, 0.15) is 5.75 Å². The topological polar surface area (TPSA) is 64.6 Å². The first-order valence-corrected chi connectivity index (χ1v) is 6.32. The summed E-state index contributed by atoms with van der Waals surface area (Å²) in [6, 6.07) is 0.547. The van der Waals surface area contributed by atoms with Crippen molar-refractivity contribution in [1.29, 1.82) is 0 Å². The van der Waals surface area contributed by atoms with Gasteiger partial charge in [-0.1, -0.05) is 0 Å². The Morgan fingerprint density at radius 3 is 1.92 bits per heavy atom. The number of alkyl halides is 6. The maximum Gasteiger partial charge on any atom is 0.416 e. The summed E-state index contributed by atoms with van der Waals surface area (Å²) in [5.41, 5.74) is -3.17. The van der Waals surface area contributed by atoms with Gasteiger partial charge in [-0.2, -0.15) is 26.3 Å². The van der Waals surface area contributed by atoms with Crippen LogP contribution in [0.25, 0.3) is 0 Å². The van der Waals surface area contributed by atoms with Crippen molar-refractivity contribution in [3.63, 3.8) is 0 Å². The van der Waals surface area contributed by atoms with Gasteiger partial charge in [-0.05, 0) is 25.1 Å². The molecule has 1 rings (SSSR count). The SMILES string of the molecule is CCOC(=O)NC(=O)COc1cc(C(F)(F)F)cc(C(F)(F)F)c1. The molecule has 0 unspecified atom stereocenters. The fraction of sp³-hybridized carbons (Fsp3) is 0.385. The molecule has 0 saturated carbocycles. The van der Waals surface area contributed by atoms with Crippen LogP contribution >= 0.6 is 0 Å². The Hall–Kier alpha value is -2.46. The number of amides is 2. The van der Waals surface area contributed by atoms with E-state index in [0.29, 0.717) is 12.1 Å². The Labute approximate surface area is 131 Å². The number of alkyl carbamates (subject to hydrolysis) is 1. The van der Waals surface area contributed by atoms with Crippen molar-refractivity contribution in [2.75, 3.05) is 13.2 Å². The van der Waals surface area contributed by atoms with Crippen LogP contribution in [0.2, 0.25) is 0 Å². The molecule has 0 fully saturated rings. The van der Waals surface area contributed by atoms with Crippen molar-refractivity contribution < 1.29 is 45.4 Å². The molecule has 1 aromatic rings. The third kappa shape index (κ3) is 5.97. The molecule has 1 N–H and O–H groups in total. The zero-order chi connectivity index (χ0) is 18.5. The third-order valence-electron chi connectivity index (χ3n) is 2.45. The van der Waals surface area contributed by atoms with E-state index in [9.17, 15) is 35.9 Å². The van der Waals surface area contributed by atoms with E-state index < -0.39 is 47.8 Å². The van der Waals surface area contributed by atoms with E-state index in [1.807, 2.05) is 0 Å². The van der Waals surface area contributed by atoms with Gasteiger partial charge in [0.25, 0.3) is 5.91 Å². The average molecular weight is 359 g/mol. The van der Waals surface area contributed by atoms with Gasteiger partial charge in [-0.3, -0.25) is 10.1 Å². The number of hydrogen-bond acceptors (Lipinski definition) is 4. The van der Waals surface area contributed by atoms with Gasteiger partial charge in [0, 0.05) is 0 Å².